The Morgan fingerprint density at radius 3 is 3.00 bits per heavy atom. The van der Waals surface area contributed by atoms with Gasteiger partial charge in [0.05, 0.1) is 17.9 Å². The zero-order valence-electron chi connectivity index (χ0n) is 14.4. The number of fused-ring (bicyclic) bond motifs is 1. The van der Waals surface area contributed by atoms with Crippen molar-refractivity contribution in [2.24, 2.45) is 7.05 Å². The highest BCUT2D eigenvalue weighted by molar-refractivity contribution is 7.99. The molecule has 0 saturated carbocycles. The number of hydrogen-bond donors (Lipinski definition) is 1. The number of nitrogens with one attached hydrogen (secondary N) is 1. The maximum Gasteiger partial charge on any atom is 0.317 e. The summed E-state index contributed by atoms with van der Waals surface area (Å²) in [7, 11) is 3.56. The van der Waals surface area contributed by atoms with E-state index < -0.39 is 0 Å². The Morgan fingerprint density at radius 2 is 2.24 bits per heavy atom. The Hall–Kier alpha value is -2.62. The van der Waals surface area contributed by atoms with Gasteiger partial charge in [0, 0.05) is 32.6 Å². The van der Waals surface area contributed by atoms with Crippen molar-refractivity contribution >= 4 is 23.4 Å². The van der Waals surface area contributed by atoms with Crippen LogP contribution >= 0.6 is 11.8 Å². The first-order chi connectivity index (χ1) is 12.1. The molecule has 0 unspecified atom stereocenters. The summed E-state index contributed by atoms with van der Waals surface area (Å²) in [6, 6.07) is 5.74. The Kier molecular flexibility index (Phi) is 5.17. The summed E-state index contributed by atoms with van der Waals surface area (Å²) in [5.41, 5.74) is 2.82. The second-order valence-corrected chi connectivity index (χ2v) is 6.66. The predicted molar refractivity (Wildman–Crippen MR) is 94.3 cm³/mol. The molecular weight excluding hydrogens is 340 g/mol. The summed E-state index contributed by atoms with van der Waals surface area (Å²) in [5.74, 6) is 0.697. The van der Waals surface area contributed by atoms with Crippen LogP contribution in [0.25, 0.3) is 5.65 Å². The average molecular weight is 360 g/mol. The number of carbonyl (C=O) groups excluding carboxylic acids is 1. The van der Waals surface area contributed by atoms with E-state index in [4.69, 9.17) is 0 Å². The third kappa shape index (κ3) is 3.90. The molecule has 0 spiro atoms. The molecule has 1 N–H and O–H groups in total. The molecule has 3 rings (SSSR count). The highest BCUT2D eigenvalue weighted by Crippen LogP contribution is 2.14. The molecule has 0 aliphatic heterocycles. The van der Waals surface area contributed by atoms with E-state index in [1.807, 2.05) is 35.7 Å². The number of aryl methyl sites for hydroxylation is 2. The van der Waals surface area contributed by atoms with Crippen molar-refractivity contribution in [2.45, 2.75) is 18.6 Å². The van der Waals surface area contributed by atoms with Gasteiger partial charge in [0.15, 0.2) is 0 Å². The lowest BCUT2D eigenvalue weighted by molar-refractivity contribution is 0.207. The minimum Gasteiger partial charge on any atom is -0.337 e. The van der Waals surface area contributed by atoms with E-state index in [2.05, 4.69) is 25.8 Å². The first kappa shape index (κ1) is 17.2. The summed E-state index contributed by atoms with van der Waals surface area (Å²) < 4.78 is 3.61. The fraction of sp³-hybridized carbons (Fsp3) is 0.400. The van der Waals surface area contributed by atoms with Crippen LogP contribution in [0, 0.1) is 6.92 Å². The summed E-state index contributed by atoms with van der Waals surface area (Å²) in [4.78, 5) is 18.4. The van der Waals surface area contributed by atoms with Crippen LogP contribution in [0.2, 0.25) is 0 Å². The van der Waals surface area contributed by atoms with Crippen molar-refractivity contribution in [3.05, 3.63) is 35.8 Å². The van der Waals surface area contributed by atoms with E-state index in [-0.39, 0.29) is 6.03 Å². The molecule has 0 aliphatic carbocycles. The van der Waals surface area contributed by atoms with E-state index in [1.165, 1.54) is 11.8 Å². The van der Waals surface area contributed by atoms with Crippen LogP contribution in [0.4, 0.5) is 4.79 Å². The smallest absolute Gasteiger partial charge is 0.317 e. The number of imidazole rings is 1. The molecular formula is C15H20N8OS. The molecule has 0 aromatic carbocycles. The number of pyridine rings is 1. The average Bonchev–Trinajstić information content (AvgIpc) is 3.15. The molecule has 132 valence electrons. The number of hydrogen-bond acceptors (Lipinski definition) is 6. The van der Waals surface area contributed by atoms with Gasteiger partial charge < -0.3 is 14.6 Å². The van der Waals surface area contributed by atoms with Gasteiger partial charge in [0.25, 0.3) is 0 Å². The summed E-state index contributed by atoms with van der Waals surface area (Å²) in [6.45, 7) is 2.98. The largest absolute Gasteiger partial charge is 0.337 e. The number of thioether (sulfide) groups is 1. The molecule has 0 bridgehead atoms. The van der Waals surface area contributed by atoms with Gasteiger partial charge in [-0.3, -0.25) is 0 Å². The first-order valence-electron chi connectivity index (χ1n) is 7.83. The Labute approximate surface area is 149 Å². The standard InChI is InChI=1S/C15H20N8OS/c1-11-12(23-8-5-4-6-13(23)17-11)10-21(2)14(24)16-7-9-25-15-18-19-20-22(15)3/h4-6,8H,7,9-10H2,1-3H3,(H,16,24). The molecule has 0 fully saturated rings. The topological polar surface area (TPSA) is 93.2 Å². The normalized spacial score (nSPS) is 11.0. The maximum absolute atomic E-state index is 12.3. The van der Waals surface area contributed by atoms with Crippen LogP contribution < -0.4 is 5.32 Å². The monoisotopic (exact) mass is 360 g/mol. The lowest BCUT2D eigenvalue weighted by atomic mass is 10.3. The van der Waals surface area contributed by atoms with E-state index in [0.717, 1.165) is 22.2 Å². The Morgan fingerprint density at radius 1 is 1.40 bits per heavy atom. The molecule has 2 amide bonds. The number of aromatic nitrogens is 6. The summed E-state index contributed by atoms with van der Waals surface area (Å²) >= 11 is 1.50. The van der Waals surface area contributed by atoms with E-state index in [0.29, 0.717) is 18.8 Å². The van der Waals surface area contributed by atoms with Crippen molar-refractivity contribution in [3.63, 3.8) is 0 Å². The fourth-order valence-corrected chi connectivity index (χ4v) is 3.13. The first-order valence-corrected chi connectivity index (χ1v) is 8.81. The van der Waals surface area contributed by atoms with Crippen LogP contribution in [-0.4, -0.2) is 59.9 Å². The van der Waals surface area contributed by atoms with Gasteiger partial charge in [0.1, 0.15) is 5.65 Å². The van der Waals surface area contributed by atoms with E-state index in [9.17, 15) is 4.79 Å². The van der Waals surface area contributed by atoms with Crippen molar-refractivity contribution in [1.82, 2.24) is 39.8 Å². The fourth-order valence-electron chi connectivity index (χ4n) is 2.43. The zero-order chi connectivity index (χ0) is 17.8. The van der Waals surface area contributed by atoms with Crippen LogP contribution in [0.5, 0.6) is 0 Å². The van der Waals surface area contributed by atoms with Crippen LogP contribution in [0.1, 0.15) is 11.4 Å². The molecule has 3 aromatic rings. The number of tetrazole rings is 1. The maximum atomic E-state index is 12.3. The molecule has 3 heterocycles. The molecule has 0 saturated heterocycles. The van der Waals surface area contributed by atoms with Gasteiger partial charge in [-0.2, -0.15) is 0 Å². The highest BCUT2D eigenvalue weighted by Gasteiger charge is 2.14. The molecule has 0 radical (unpaired) electrons. The lowest BCUT2D eigenvalue weighted by Crippen LogP contribution is -2.38. The Balaban J connectivity index is 1.52. The quantitative estimate of drug-likeness (QED) is 0.523. The van der Waals surface area contributed by atoms with Gasteiger partial charge in [0.2, 0.25) is 5.16 Å². The molecule has 25 heavy (non-hydrogen) atoms. The van der Waals surface area contributed by atoms with Crippen molar-refractivity contribution < 1.29 is 4.79 Å². The highest BCUT2D eigenvalue weighted by atomic mass is 32.2. The zero-order valence-corrected chi connectivity index (χ0v) is 15.2. The third-order valence-electron chi connectivity index (χ3n) is 3.75. The second kappa shape index (κ2) is 7.51. The lowest BCUT2D eigenvalue weighted by Gasteiger charge is -2.18. The summed E-state index contributed by atoms with van der Waals surface area (Å²) in [5, 5.41) is 14.9. The number of rotatable bonds is 6. The third-order valence-corrected chi connectivity index (χ3v) is 4.77. The van der Waals surface area contributed by atoms with Gasteiger partial charge in [-0.1, -0.05) is 17.8 Å². The van der Waals surface area contributed by atoms with Crippen LogP contribution in [-0.2, 0) is 13.6 Å². The summed E-state index contributed by atoms with van der Waals surface area (Å²) in [6.07, 6.45) is 1.96. The SMILES string of the molecule is Cc1nc2ccccn2c1CN(C)C(=O)NCCSc1nnnn1C. The van der Waals surface area contributed by atoms with Gasteiger partial charge >= 0.3 is 6.03 Å². The van der Waals surface area contributed by atoms with Gasteiger partial charge in [-0.15, -0.1) is 5.10 Å². The molecule has 0 atom stereocenters. The number of carbonyl (C=O) groups is 1. The molecule has 9 nitrogen and oxygen atoms in total. The number of amides is 2. The predicted octanol–water partition coefficient (Wildman–Crippen LogP) is 1.10. The minimum atomic E-state index is -0.123. The van der Waals surface area contributed by atoms with Gasteiger partial charge in [-0.05, 0) is 29.5 Å². The molecule has 3 aromatic heterocycles. The Bertz CT molecular complexity index is 873. The van der Waals surface area contributed by atoms with E-state index >= 15 is 0 Å². The van der Waals surface area contributed by atoms with Gasteiger partial charge in [-0.25, -0.2) is 14.5 Å². The second-order valence-electron chi connectivity index (χ2n) is 5.59. The van der Waals surface area contributed by atoms with Crippen molar-refractivity contribution in [1.29, 1.82) is 0 Å². The van der Waals surface area contributed by atoms with E-state index in [1.54, 1.807) is 23.7 Å². The van der Waals surface area contributed by atoms with Crippen molar-refractivity contribution in [3.8, 4) is 0 Å². The number of nitrogens with zero attached hydrogens (tertiary/aromatic N) is 7. The molecule has 0 aliphatic rings. The van der Waals surface area contributed by atoms with Crippen LogP contribution in [0.15, 0.2) is 29.6 Å². The minimum absolute atomic E-state index is 0.123. The van der Waals surface area contributed by atoms with Crippen LogP contribution in [0.3, 0.4) is 0 Å². The number of urea groups is 1. The van der Waals surface area contributed by atoms with Crippen molar-refractivity contribution in [2.75, 3.05) is 19.3 Å². The molecule has 10 heteroatoms.